The maximum absolute atomic E-state index is 5.20. The van der Waals surface area contributed by atoms with Gasteiger partial charge < -0.3 is 4.74 Å². The minimum absolute atomic E-state index is 0.531. The number of ether oxygens (including phenoxy) is 1. The maximum Gasteiger partial charge on any atom is 0.0810 e. The Balaban J connectivity index is 2.08. The third kappa shape index (κ3) is 5.30. The summed E-state index contributed by atoms with van der Waals surface area (Å²) in [4.78, 5) is 0. The molecule has 0 amide bonds. The number of epoxide rings is 1. The molecule has 1 heterocycles. The quantitative estimate of drug-likeness (QED) is 0.574. The van der Waals surface area contributed by atoms with E-state index < -0.39 is 0 Å². The molecular formula is C12H24O. The molecule has 1 heteroatoms. The highest BCUT2D eigenvalue weighted by atomic mass is 16.6. The van der Waals surface area contributed by atoms with Gasteiger partial charge in [0.15, 0.2) is 0 Å². The molecule has 1 rings (SSSR count). The lowest BCUT2D eigenvalue weighted by molar-refractivity contribution is 0.252. The fourth-order valence-corrected chi connectivity index (χ4v) is 2.25. The maximum atomic E-state index is 5.20. The van der Waals surface area contributed by atoms with Gasteiger partial charge in [-0.15, -0.1) is 0 Å². The van der Waals surface area contributed by atoms with Crippen molar-refractivity contribution < 1.29 is 4.74 Å². The molecule has 0 aliphatic carbocycles. The topological polar surface area (TPSA) is 12.5 Å². The van der Waals surface area contributed by atoms with Crippen LogP contribution in [0.4, 0.5) is 0 Å². The van der Waals surface area contributed by atoms with Crippen molar-refractivity contribution in [1.29, 1.82) is 0 Å². The van der Waals surface area contributed by atoms with Gasteiger partial charge >= 0.3 is 0 Å². The zero-order chi connectivity index (χ0) is 9.90. The molecular weight excluding hydrogens is 160 g/mol. The largest absolute Gasteiger partial charge is 0.373 e. The second kappa shape index (κ2) is 4.45. The molecule has 1 aliphatic heterocycles. The molecule has 1 atom stereocenters. The number of hydrogen-bond acceptors (Lipinski definition) is 1. The van der Waals surface area contributed by atoms with Gasteiger partial charge in [0.25, 0.3) is 0 Å². The summed E-state index contributed by atoms with van der Waals surface area (Å²) in [6.45, 7) is 10.4. The van der Waals surface area contributed by atoms with Gasteiger partial charge in [-0.25, -0.2) is 0 Å². The first-order valence-electron chi connectivity index (χ1n) is 5.61. The van der Waals surface area contributed by atoms with E-state index in [1.165, 1.54) is 25.7 Å². The lowest BCUT2D eigenvalue weighted by Crippen LogP contribution is -2.14. The zero-order valence-corrected chi connectivity index (χ0v) is 9.60. The molecule has 1 saturated heterocycles. The molecule has 0 spiro atoms. The van der Waals surface area contributed by atoms with Gasteiger partial charge in [0.2, 0.25) is 0 Å². The number of hydrogen-bond donors (Lipinski definition) is 0. The van der Waals surface area contributed by atoms with E-state index in [0.717, 1.165) is 12.5 Å². The van der Waals surface area contributed by atoms with Gasteiger partial charge in [-0.05, 0) is 30.6 Å². The van der Waals surface area contributed by atoms with Crippen molar-refractivity contribution in [2.75, 3.05) is 6.61 Å². The molecule has 1 aliphatic rings. The molecule has 0 saturated carbocycles. The van der Waals surface area contributed by atoms with Crippen LogP contribution >= 0.6 is 0 Å². The van der Waals surface area contributed by atoms with E-state index in [-0.39, 0.29) is 0 Å². The summed E-state index contributed by atoms with van der Waals surface area (Å²) in [6, 6.07) is 0. The third-order valence-electron chi connectivity index (χ3n) is 2.74. The first-order valence-corrected chi connectivity index (χ1v) is 5.61. The van der Waals surface area contributed by atoms with E-state index in [0.29, 0.717) is 11.5 Å². The van der Waals surface area contributed by atoms with Crippen LogP contribution in [0.15, 0.2) is 0 Å². The highest BCUT2D eigenvalue weighted by Gasteiger charge is 2.24. The van der Waals surface area contributed by atoms with Crippen LogP contribution in [0.25, 0.3) is 0 Å². The molecule has 1 nitrogen and oxygen atoms in total. The Labute approximate surface area is 82.9 Å². The van der Waals surface area contributed by atoms with Gasteiger partial charge in [0, 0.05) is 0 Å². The third-order valence-corrected chi connectivity index (χ3v) is 2.74. The fourth-order valence-electron chi connectivity index (χ4n) is 2.25. The zero-order valence-electron chi connectivity index (χ0n) is 9.60. The summed E-state index contributed by atoms with van der Waals surface area (Å²) in [7, 11) is 0. The van der Waals surface area contributed by atoms with Crippen LogP contribution < -0.4 is 0 Å². The molecule has 0 aromatic carbocycles. The predicted molar refractivity (Wildman–Crippen MR) is 56.8 cm³/mol. The smallest absolute Gasteiger partial charge is 0.0810 e. The monoisotopic (exact) mass is 184 g/mol. The second-order valence-corrected chi connectivity index (χ2v) is 5.61. The van der Waals surface area contributed by atoms with E-state index in [2.05, 4.69) is 27.7 Å². The summed E-state index contributed by atoms with van der Waals surface area (Å²) >= 11 is 0. The first-order chi connectivity index (χ1) is 5.99. The number of rotatable bonds is 6. The lowest BCUT2D eigenvalue weighted by Gasteiger charge is -2.26. The van der Waals surface area contributed by atoms with E-state index in [4.69, 9.17) is 4.74 Å². The van der Waals surface area contributed by atoms with E-state index >= 15 is 0 Å². The molecule has 0 radical (unpaired) electrons. The van der Waals surface area contributed by atoms with Gasteiger partial charge in [-0.2, -0.15) is 0 Å². The lowest BCUT2D eigenvalue weighted by atomic mass is 9.80. The Hall–Kier alpha value is -0.0400. The average molecular weight is 184 g/mol. The summed E-state index contributed by atoms with van der Waals surface area (Å²) < 4.78 is 5.20. The second-order valence-electron chi connectivity index (χ2n) is 5.61. The molecule has 1 unspecified atom stereocenters. The van der Waals surface area contributed by atoms with Crippen molar-refractivity contribution in [1.82, 2.24) is 0 Å². The summed E-state index contributed by atoms with van der Waals surface area (Å²) in [5.74, 6) is 0.826. The molecule has 1 fully saturated rings. The standard InChI is InChI=1S/C12H24O/c1-10(2)8-12(3,4)7-5-6-11-9-13-11/h10-11H,5-9H2,1-4H3. The van der Waals surface area contributed by atoms with Gasteiger partial charge in [0.1, 0.15) is 0 Å². The molecule has 78 valence electrons. The first kappa shape index (κ1) is 11.0. The van der Waals surface area contributed by atoms with Crippen molar-refractivity contribution in [2.45, 2.75) is 59.5 Å². The van der Waals surface area contributed by atoms with Crippen LogP contribution in [0.3, 0.4) is 0 Å². The summed E-state index contributed by atoms with van der Waals surface area (Å²) in [6.07, 6.45) is 5.94. The van der Waals surface area contributed by atoms with Crippen molar-refractivity contribution in [3.8, 4) is 0 Å². The minimum atomic E-state index is 0.531. The Kier molecular flexibility index (Phi) is 3.78. The Morgan fingerprint density at radius 1 is 1.38 bits per heavy atom. The van der Waals surface area contributed by atoms with E-state index in [1.54, 1.807) is 0 Å². The fraction of sp³-hybridized carbons (Fsp3) is 1.00. The van der Waals surface area contributed by atoms with Crippen molar-refractivity contribution in [3.63, 3.8) is 0 Å². The Morgan fingerprint density at radius 2 is 2.00 bits per heavy atom. The Bertz CT molecular complexity index is 145. The summed E-state index contributed by atoms with van der Waals surface area (Å²) in [5.41, 5.74) is 0.531. The SMILES string of the molecule is CC(C)CC(C)(C)CCCC1CO1. The molecule has 0 aromatic rings. The average Bonchev–Trinajstić information content (AvgIpc) is 2.67. The normalized spacial score (nSPS) is 22.4. The van der Waals surface area contributed by atoms with Crippen LogP contribution in [0.5, 0.6) is 0 Å². The minimum Gasteiger partial charge on any atom is -0.373 e. The van der Waals surface area contributed by atoms with Crippen molar-refractivity contribution >= 4 is 0 Å². The molecule has 0 bridgehead atoms. The Morgan fingerprint density at radius 3 is 2.46 bits per heavy atom. The van der Waals surface area contributed by atoms with Crippen molar-refractivity contribution in [2.24, 2.45) is 11.3 Å². The molecule has 13 heavy (non-hydrogen) atoms. The predicted octanol–water partition coefficient (Wildman–Crippen LogP) is 3.63. The van der Waals surface area contributed by atoms with Crippen molar-refractivity contribution in [3.05, 3.63) is 0 Å². The van der Waals surface area contributed by atoms with Crippen LogP contribution in [-0.2, 0) is 4.74 Å². The van der Waals surface area contributed by atoms with Gasteiger partial charge in [-0.1, -0.05) is 34.1 Å². The highest BCUT2D eigenvalue weighted by Crippen LogP contribution is 2.32. The molecule has 0 N–H and O–H groups in total. The summed E-state index contributed by atoms with van der Waals surface area (Å²) in [5, 5.41) is 0. The van der Waals surface area contributed by atoms with Gasteiger partial charge in [0.05, 0.1) is 12.7 Å². The van der Waals surface area contributed by atoms with Crippen LogP contribution in [0, 0.1) is 11.3 Å². The highest BCUT2D eigenvalue weighted by molar-refractivity contribution is 4.74. The van der Waals surface area contributed by atoms with Gasteiger partial charge in [-0.3, -0.25) is 0 Å². The van der Waals surface area contributed by atoms with E-state index in [1.807, 2.05) is 0 Å². The van der Waals surface area contributed by atoms with Crippen LogP contribution in [0.2, 0.25) is 0 Å². The van der Waals surface area contributed by atoms with E-state index in [9.17, 15) is 0 Å². The van der Waals surface area contributed by atoms with Crippen LogP contribution in [-0.4, -0.2) is 12.7 Å². The molecule has 0 aromatic heterocycles. The van der Waals surface area contributed by atoms with Crippen LogP contribution in [0.1, 0.15) is 53.4 Å².